The fraction of sp³-hybridized carbons (Fsp3) is 0.533. The van der Waals surface area contributed by atoms with Crippen LogP contribution in [0.15, 0.2) is 24.3 Å². The van der Waals surface area contributed by atoms with Crippen LogP contribution in [0.1, 0.15) is 5.56 Å². The first-order valence-electron chi connectivity index (χ1n) is 7.31. The Morgan fingerprint density at radius 1 is 1.46 bits per heavy atom. The van der Waals surface area contributed by atoms with Gasteiger partial charge in [-0.15, -0.1) is 11.8 Å². The van der Waals surface area contributed by atoms with Gasteiger partial charge in [0.1, 0.15) is 18.5 Å². The lowest BCUT2D eigenvalue weighted by molar-refractivity contribution is -0.137. The second kappa shape index (κ2) is 8.09. The summed E-state index contributed by atoms with van der Waals surface area (Å²) in [5, 5.41) is 13.0. The van der Waals surface area contributed by atoms with E-state index in [1.807, 2.05) is 0 Å². The van der Waals surface area contributed by atoms with Crippen LogP contribution in [0.3, 0.4) is 0 Å². The summed E-state index contributed by atoms with van der Waals surface area (Å²) in [7, 11) is 1.59. The topological polar surface area (TPSA) is 61.8 Å². The van der Waals surface area contributed by atoms with Crippen molar-refractivity contribution in [2.45, 2.75) is 18.3 Å². The normalized spacial score (nSPS) is 19.1. The van der Waals surface area contributed by atoms with Gasteiger partial charge in [-0.05, 0) is 24.3 Å². The van der Waals surface area contributed by atoms with Crippen LogP contribution < -0.4 is 10.1 Å². The first-order chi connectivity index (χ1) is 11.3. The van der Waals surface area contributed by atoms with Crippen molar-refractivity contribution in [3.63, 3.8) is 0 Å². The summed E-state index contributed by atoms with van der Waals surface area (Å²) in [6, 6.07) is 3.98. The minimum atomic E-state index is -4.40. The number of carbonyl (C=O) groups excluding carboxylic acids is 1. The molecule has 0 aliphatic carbocycles. The molecule has 0 saturated carbocycles. The number of aliphatic hydroxyl groups is 1. The molecule has 0 radical (unpaired) electrons. The maximum Gasteiger partial charge on any atom is 0.416 e. The lowest BCUT2D eigenvalue weighted by atomic mass is 10.2. The van der Waals surface area contributed by atoms with Gasteiger partial charge in [-0.25, -0.2) is 0 Å². The molecule has 1 aliphatic rings. The van der Waals surface area contributed by atoms with Crippen molar-refractivity contribution in [1.29, 1.82) is 0 Å². The van der Waals surface area contributed by atoms with Crippen LogP contribution in [-0.4, -0.2) is 59.9 Å². The number of hydrogen-bond acceptors (Lipinski definition) is 5. The largest absolute Gasteiger partial charge is 0.491 e. The summed E-state index contributed by atoms with van der Waals surface area (Å²) in [6.07, 6.45) is -5.33. The molecule has 0 bridgehead atoms. The number of likely N-dealkylation sites (N-methyl/N-ethyl adjacent to an activating group) is 1. The van der Waals surface area contributed by atoms with Crippen LogP contribution in [0, 0.1) is 0 Å². The van der Waals surface area contributed by atoms with Gasteiger partial charge in [-0.2, -0.15) is 13.2 Å². The van der Waals surface area contributed by atoms with Crippen molar-refractivity contribution < 1.29 is 27.8 Å². The van der Waals surface area contributed by atoms with Crippen molar-refractivity contribution in [1.82, 2.24) is 10.2 Å². The number of halogens is 3. The summed E-state index contributed by atoms with van der Waals surface area (Å²) in [4.78, 5) is 13.5. The van der Waals surface area contributed by atoms with Gasteiger partial charge in [0.2, 0.25) is 5.91 Å². The highest BCUT2D eigenvalue weighted by molar-refractivity contribution is 7.99. The Morgan fingerprint density at radius 2 is 2.12 bits per heavy atom. The Morgan fingerprint density at radius 3 is 2.67 bits per heavy atom. The monoisotopic (exact) mass is 364 g/mol. The Bertz CT molecular complexity index is 548. The SMILES string of the molecule is CN(C[C@H](O)COc1ccc(C(F)(F)F)cc1)C(=O)[C@H]1CSCN1. The molecule has 1 aromatic carbocycles. The first kappa shape index (κ1) is 18.9. The molecular formula is C15H19F3N2O3S. The van der Waals surface area contributed by atoms with Crippen LogP contribution in [0.5, 0.6) is 5.75 Å². The highest BCUT2D eigenvalue weighted by atomic mass is 32.2. The van der Waals surface area contributed by atoms with Crippen LogP contribution in [-0.2, 0) is 11.0 Å². The van der Waals surface area contributed by atoms with E-state index in [2.05, 4.69) is 5.32 Å². The third kappa shape index (κ3) is 5.29. The second-order valence-corrected chi connectivity index (χ2v) is 6.51. The zero-order chi connectivity index (χ0) is 17.7. The quantitative estimate of drug-likeness (QED) is 0.802. The summed E-state index contributed by atoms with van der Waals surface area (Å²) in [6.45, 7) is -0.0296. The predicted molar refractivity (Wildman–Crippen MR) is 84.8 cm³/mol. The molecule has 0 unspecified atom stereocenters. The molecule has 1 aromatic rings. The number of nitrogens with one attached hydrogen (secondary N) is 1. The van der Waals surface area contributed by atoms with Gasteiger partial charge in [0, 0.05) is 25.2 Å². The van der Waals surface area contributed by atoms with Gasteiger partial charge in [-0.3, -0.25) is 10.1 Å². The van der Waals surface area contributed by atoms with Crippen molar-refractivity contribution in [2.75, 3.05) is 31.8 Å². The Kier molecular flexibility index (Phi) is 6.36. The number of hydrogen-bond donors (Lipinski definition) is 2. The van der Waals surface area contributed by atoms with Crippen molar-refractivity contribution in [2.24, 2.45) is 0 Å². The van der Waals surface area contributed by atoms with Gasteiger partial charge < -0.3 is 14.7 Å². The molecule has 1 saturated heterocycles. The number of carbonyl (C=O) groups is 1. The van der Waals surface area contributed by atoms with Crippen LogP contribution in [0.25, 0.3) is 0 Å². The molecule has 1 amide bonds. The fourth-order valence-corrected chi connectivity index (χ4v) is 3.14. The third-order valence-corrected chi connectivity index (χ3v) is 4.44. The maximum absolute atomic E-state index is 12.5. The van der Waals surface area contributed by atoms with E-state index in [-0.39, 0.29) is 30.9 Å². The average Bonchev–Trinajstić information content (AvgIpc) is 3.06. The highest BCUT2D eigenvalue weighted by Gasteiger charge is 2.30. The maximum atomic E-state index is 12.5. The van der Waals surface area contributed by atoms with Crippen molar-refractivity contribution in [3.05, 3.63) is 29.8 Å². The molecule has 0 aromatic heterocycles. The minimum Gasteiger partial charge on any atom is -0.491 e. The molecule has 1 fully saturated rings. The zero-order valence-electron chi connectivity index (χ0n) is 13.0. The summed E-state index contributed by atoms with van der Waals surface area (Å²) in [5.41, 5.74) is -0.761. The van der Waals surface area contributed by atoms with Crippen LogP contribution in [0.2, 0.25) is 0 Å². The summed E-state index contributed by atoms with van der Waals surface area (Å²) >= 11 is 1.63. The van der Waals surface area contributed by atoms with E-state index in [1.165, 1.54) is 17.0 Å². The lowest BCUT2D eigenvalue weighted by Gasteiger charge is -2.23. The number of aliphatic hydroxyl groups excluding tert-OH is 1. The molecule has 134 valence electrons. The highest BCUT2D eigenvalue weighted by Crippen LogP contribution is 2.30. The molecule has 2 atom stereocenters. The molecule has 5 nitrogen and oxygen atoms in total. The van der Waals surface area contributed by atoms with Gasteiger partial charge in [0.05, 0.1) is 11.6 Å². The van der Waals surface area contributed by atoms with E-state index in [9.17, 15) is 23.1 Å². The average molecular weight is 364 g/mol. The standard InChI is InChI=1S/C15H19F3N2O3S/c1-20(14(22)13-8-24-9-19-13)6-11(21)7-23-12-4-2-10(3-5-12)15(16,17)18/h2-5,11,13,19,21H,6-9H2,1H3/t11-,13+/m0/s1. The molecule has 1 aliphatic heterocycles. The molecule has 1 heterocycles. The van der Waals surface area contributed by atoms with E-state index in [0.717, 1.165) is 18.0 Å². The Balaban J connectivity index is 1.78. The molecule has 0 spiro atoms. The fourth-order valence-electron chi connectivity index (χ4n) is 2.21. The number of amides is 1. The molecule has 9 heteroatoms. The Hall–Kier alpha value is -1.45. The predicted octanol–water partition coefficient (Wildman–Crippen LogP) is 1.57. The van der Waals surface area contributed by atoms with E-state index in [0.29, 0.717) is 5.75 Å². The number of ether oxygens (including phenoxy) is 1. The van der Waals surface area contributed by atoms with E-state index in [1.54, 1.807) is 18.8 Å². The number of rotatable bonds is 6. The van der Waals surface area contributed by atoms with E-state index < -0.39 is 17.8 Å². The third-order valence-electron chi connectivity index (χ3n) is 3.50. The van der Waals surface area contributed by atoms with E-state index in [4.69, 9.17) is 4.74 Å². The van der Waals surface area contributed by atoms with Crippen LogP contribution in [0.4, 0.5) is 13.2 Å². The van der Waals surface area contributed by atoms with Crippen molar-refractivity contribution >= 4 is 17.7 Å². The number of nitrogens with zero attached hydrogens (tertiary/aromatic N) is 1. The van der Waals surface area contributed by atoms with Gasteiger partial charge >= 0.3 is 6.18 Å². The minimum absolute atomic E-state index is 0.0856. The Labute approximate surface area is 142 Å². The van der Waals surface area contributed by atoms with E-state index >= 15 is 0 Å². The summed E-state index contributed by atoms with van der Waals surface area (Å²) in [5.74, 6) is 1.55. The molecule has 2 rings (SSSR count). The summed E-state index contributed by atoms with van der Waals surface area (Å²) < 4.78 is 42.6. The van der Waals surface area contributed by atoms with Gasteiger partial charge in [0.15, 0.2) is 0 Å². The molecule has 24 heavy (non-hydrogen) atoms. The molecule has 2 N–H and O–H groups in total. The number of alkyl halides is 3. The first-order valence-corrected chi connectivity index (χ1v) is 8.47. The number of thioether (sulfide) groups is 1. The van der Waals surface area contributed by atoms with Crippen molar-refractivity contribution in [3.8, 4) is 5.75 Å². The van der Waals surface area contributed by atoms with Gasteiger partial charge in [0.25, 0.3) is 0 Å². The molecular weight excluding hydrogens is 345 g/mol. The smallest absolute Gasteiger partial charge is 0.416 e. The second-order valence-electron chi connectivity index (χ2n) is 5.48. The lowest BCUT2D eigenvalue weighted by Crippen LogP contribution is -2.46. The number of benzene rings is 1. The van der Waals surface area contributed by atoms with Crippen LogP contribution >= 0.6 is 11.8 Å². The van der Waals surface area contributed by atoms with Gasteiger partial charge in [-0.1, -0.05) is 0 Å². The zero-order valence-corrected chi connectivity index (χ0v) is 13.9.